The number of halogens is 1. The van der Waals surface area contributed by atoms with E-state index in [1.807, 2.05) is 24.3 Å². The lowest BCUT2D eigenvalue weighted by molar-refractivity contribution is -0.139. The molecule has 5 nitrogen and oxygen atoms in total. The van der Waals surface area contributed by atoms with Crippen molar-refractivity contribution in [3.8, 4) is 0 Å². The zero-order valence-electron chi connectivity index (χ0n) is 13.1. The van der Waals surface area contributed by atoms with Crippen molar-refractivity contribution in [2.45, 2.75) is 12.5 Å². The predicted octanol–water partition coefficient (Wildman–Crippen LogP) is 2.80. The molecule has 1 aromatic heterocycles. The second kappa shape index (κ2) is 7.09. The summed E-state index contributed by atoms with van der Waals surface area (Å²) in [6.45, 7) is 0. The van der Waals surface area contributed by atoms with E-state index in [-0.39, 0.29) is 12.0 Å². The van der Waals surface area contributed by atoms with Crippen LogP contribution >= 0.6 is 0 Å². The van der Waals surface area contributed by atoms with Gasteiger partial charge in [-0.05, 0) is 29.8 Å². The first-order chi connectivity index (χ1) is 12.0. The lowest BCUT2D eigenvalue weighted by atomic mass is 10.1. The monoisotopic (exact) mass is 338 g/mol. The summed E-state index contributed by atoms with van der Waals surface area (Å²) in [6.07, 6.45) is 1.39. The highest BCUT2D eigenvalue weighted by Crippen LogP contribution is 2.13. The van der Waals surface area contributed by atoms with Crippen LogP contribution in [0.2, 0.25) is 0 Å². The van der Waals surface area contributed by atoms with Crippen LogP contribution in [0, 0.1) is 5.82 Å². The number of pyridine rings is 1. The number of carbonyl (C=O) groups excluding carboxylic acids is 1. The van der Waals surface area contributed by atoms with Crippen molar-refractivity contribution in [2.75, 3.05) is 0 Å². The fourth-order valence-electron chi connectivity index (χ4n) is 2.54. The third kappa shape index (κ3) is 3.98. The van der Waals surface area contributed by atoms with E-state index in [0.717, 1.165) is 10.9 Å². The van der Waals surface area contributed by atoms with E-state index in [9.17, 15) is 19.1 Å². The summed E-state index contributed by atoms with van der Waals surface area (Å²) in [5.41, 5.74) is 1.50. The van der Waals surface area contributed by atoms with E-state index in [2.05, 4.69) is 10.3 Å². The molecule has 0 saturated heterocycles. The smallest absolute Gasteiger partial charge is 0.326 e. The molecule has 0 radical (unpaired) electrons. The van der Waals surface area contributed by atoms with Gasteiger partial charge in [0.1, 0.15) is 11.9 Å². The number of amides is 1. The number of carboxylic acids is 1. The molecule has 2 N–H and O–H groups in total. The number of para-hydroxylation sites is 1. The van der Waals surface area contributed by atoms with E-state index < -0.39 is 23.7 Å². The molecule has 0 fully saturated rings. The van der Waals surface area contributed by atoms with Crippen LogP contribution in [0.15, 0.2) is 60.8 Å². The number of carboxylic acid groups (broad SMARTS) is 1. The SMILES string of the molecule is O=C(N[C@H](Cc1cccc(F)c1)C(=O)O)c1cnc2ccccc2c1. The lowest BCUT2D eigenvalue weighted by Crippen LogP contribution is -2.42. The average Bonchev–Trinajstić information content (AvgIpc) is 2.60. The van der Waals surface area contributed by atoms with Gasteiger partial charge in [-0.15, -0.1) is 0 Å². The average molecular weight is 338 g/mol. The molecule has 25 heavy (non-hydrogen) atoms. The predicted molar refractivity (Wildman–Crippen MR) is 90.7 cm³/mol. The summed E-state index contributed by atoms with van der Waals surface area (Å²) in [6, 6.07) is 13.4. The molecule has 1 heterocycles. The third-order valence-corrected chi connectivity index (χ3v) is 3.78. The van der Waals surface area contributed by atoms with Crippen LogP contribution < -0.4 is 5.32 Å². The van der Waals surface area contributed by atoms with Gasteiger partial charge in [0.2, 0.25) is 0 Å². The number of rotatable bonds is 5. The van der Waals surface area contributed by atoms with Gasteiger partial charge in [-0.2, -0.15) is 0 Å². The molecule has 0 unspecified atom stereocenters. The van der Waals surface area contributed by atoms with Crippen molar-refractivity contribution in [1.29, 1.82) is 0 Å². The van der Waals surface area contributed by atoms with Crippen LogP contribution in [-0.2, 0) is 11.2 Å². The standard InChI is InChI=1S/C19H15FN2O3/c20-15-6-3-4-12(8-15)9-17(19(24)25)22-18(23)14-10-13-5-1-2-7-16(13)21-11-14/h1-8,10-11,17H,9H2,(H,22,23)(H,24,25)/t17-/m1/s1. The van der Waals surface area contributed by atoms with Gasteiger partial charge in [-0.3, -0.25) is 9.78 Å². The highest BCUT2D eigenvalue weighted by molar-refractivity contribution is 5.99. The second-order valence-corrected chi connectivity index (χ2v) is 5.62. The molecule has 0 aliphatic rings. The van der Waals surface area contributed by atoms with Crippen LogP contribution in [0.3, 0.4) is 0 Å². The normalized spacial score (nSPS) is 11.9. The summed E-state index contributed by atoms with van der Waals surface area (Å²) >= 11 is 0. The Morgan fingerprint density at radius 3 is 2.68 bits per heavy atom. The Hall–Kier alpha value is -3.28. The van der Waals surface area contributed by atoms with Crippen molar-refractivity contribution >= 4 is 22.8 Å². The Kier molecular flexibility index (Phi) is 4.70. The highest BCUT2D eigenvalue weighted by atomic mass is 19.1. The van der Waals surface area contributed by atoms with Crippen LogP contribution in [0.25, 0.3) is 10.9 Å². The van der Waals surface area contributed by atoms with Crippen molar-refractivity contribution < 1.29 is 19.1 Å². The molecular formula is C19H15FN2O3. The first-order valence-electron chi connectivity index (χ1n) is 7.66. The molecule has 2 aromatic carbocycles. The van der Waals surface area contributed by atoms with E-state index in [1.165, 1.54) is 24.4 Å². The number of fused-ring (bicyclic) bond motifs is 1. The van der Waals surface area contributed by atoms with Crippen LogP contribution in [0.1, 0.15) is 15.9 Å². The van der Waals surface area contributed by atoms with Crippen molar-refractivity contribution in [3.05, 3.63) is 77.7 Å². The van der Waals surface area contributed by atoms with Crippen molar-refractivity contribution in [2.24, 2.45) is 0 Å². The largest absolute Gasteiger partial charge is 0.480 e. The Balaban J connectivity index is 1.78. The van der Waals surface area contributed by atoms with Gasteiger partial charge in [-0.1, -0.05) is 30.3 Å². The van der Waals surface area contributed by atoms with Crippen LogP contribution in [0.5, 0.6) is 0 Å². The molecule has 0 saturated carbocycles. The molecule has 126 valence electrons. The van der Waals surface area contributed by atoms with E-state index in [0.29, 0.717) is 5.56 Å². The Labute approximate surface area is 143 Å². The summed E-state index contributed by atoms with van der Waals surface area (Å²) in [4.78, 5) is 28.0. The van der Waals surface area contributed by atoms with Gasteiger partial charge in [0.25, 0.3) is 5.91 Å². The minimum absolute atomic E-state index is 0.0140. The first kappa shape index (κ1) is 16.6. The number of benzene rings is 2. The Morgan fingerprint density at radius 1 is 1.12 bits per heavy atom. The maximum Gasteiger partial charge on any atom is 0.326 e. The highest BCUT2D eigenvalue weighted by Gasteiger charge is 2.21. The third-order valence-electron chi connectivity index (χ3n) is 3.78. The summed E-state index contributed by atoms with van der Waals surface area (Å²) < 4.78 is 13.3. The Morgan fingerprint density at radius 2 is 1.92 bits per heavy atom. The number of hydrogen-bond donors (Lipinski definition) is 2. The lowest BCUT2D eigenvalue weighted by Gasteiger charge is -2.15. The number of hydrogen-bond acceptors (Lipinski definition) is 3. The fourth-order valence-corrected chi connectivity index (χ4v) is 2.54. The van der Waals surface area contributed by atoms with Crippen molar-refractivity contribution in [1.82, 2.24) is 10.3 Å². The maximum absolute atomic E-state index is 13.3. The molecular weight excluding hydrogens is 323 g/mol. The maximum atomic E-state index is 13.3. The zero-order chi connectivity index (χ0) is 17.8. The minimum atomic E-state index is -1.19. The minimum Gasteiger partial charge on any atom is -0.480 e. The molecule has 3 rings (SSSR count). The molecule has 0 aliphatic carbocycles. The summed E-state index contributed by atoms with van der Waals surface area (Å²) in [5, 5.41) is 12.6. The number of carbonyl (C=O) groups is 2. The number of aliphatic carboxylic acids is 1. The van der Waals surface area contributed by atoms with E-state index in [1.54, 1.807) is 12.1 Å². The molecule has 6 heteroatoms. The quantitative estimate of drug-likeness (QED) is 0.750. The summed E-state index contributed by atoms with van der Waals surface area (Å²) in [5.74, 6) is -2.18. The van der Waals surface area contributed by atoms with Gasteiger partial charge in [0.15, 0.2) is 0 Å². The molecule has 0 spiro atoms. The molecule has 0 aliphatic heterocycles. The number of nitrogens with one attached hydrogen (secondary N) is 1. The molecule has 3 aromatic rings. The second-order valence-electron chi connectivity index (χ2n) is 5.62. The first-order valence-corrected chi connectivity index (χ1v) is 7.66. The number of nitrogens with zero attached hydrogens (tertiary/aromatic N) is 1. The van der Waals surface area contributed by atoms with E-state index >= 15 is 0 Å². The van der Waals surface area contributed by atoms with Crippen LogP contribution in [-0.4, -0.2) is 28.0 Å². The zero-order valence-corrected chi connectivity index (χ0v) is 13.1. The fraction of sp³-hybridized carbons (Fsp3) is 0.105. The topological polar surface area (TPSA) is 79.3 Å². The van der Waals surface area contributed by atoms with Crippen LogP contribution in [0.4, 0.5) is 4.39 Å². The van der Waals surface area contributed by atoms with Gasteiger partial charge in [0, 0.05) is 18.0 Å². The Bertz CT molecular complexity index is 943. The molecule has 1 amide bonds. The van der Waals surface area contributed by atoms with E-state index in [4.69, 9.17) is 0 Å². The van der Waals surface area contributed by atoms with Gasteiger partial charge >= 0.3 is 5.97 Å². The molecule has 1 atom stereocenters. The van der Waals surface area contributed by atoms with Gasteiger partial charge < -0.3 is 10.4 Å². The summed E-state index contributed by atoms with van der Waals surface area (Å²) in [7, 11) is 0. The molecule has 0 bridgehead atoms. The van der Waals surface area contributed by atoms with Crippen molar-refractivity contribution in [3.63, 3.8) is 0 Å². The number of aromatic nitrogens is 1. The van der Waals surface area contributed by atoms with Gasteiger partial charge in [0.05, 0.1) is 11.1 Å². The van der Waals surface area contributed by atoms with Gasteiger partial charge in [-0.25, -0.2) is 9.18 Å².